The molecule has 0 aliphatic carbocycles. The molecule has 23 heavy (non-hydrogen) atoms. The number of nitrogens with zero attached hydrogens (tertiary/aromatic N) is 2. The van der Waals surface area contributed by atoms with Gasteiger partial charge in [0.2, 0.25) is 5.91 Å². The fraction of sp³-hybridized carbons (Fsp3) is 0.368. The van der Waals surface area contributed by atoms with Gasteiger partial charge in [-0.25, -0.2) is 0 Å². The van der Waals surface area contributed by atoms with Crippen LogP contribution < -0.4 is 4.74 Å². The molecule has 1 heterocycles. The van der Waals surface area contributed by atoms with Gasteiger partial charge >= 0.3 is 0 Å². The van der Waals surface area contributed by atoms with E-state index >= 15 is 0 Å². The monoisotopic (exact) mass is 312 g/mol. The second-order valence-electron chi connectivity index (χ2n) is 5.75. The summed E-state index contributed by atoms with van der Waals surface area (Å²) < 4.78 is 5.74. The van der Waals surface area contributed by atoms with Crippen molar-refractivity contribution in [1.29, 1.82) is 0 Å². The van der Waals surface area contributed by atoms with Gasteiger partial charge in [-0.3, -0.25) is 9.78 Å². The van der Waals surface area contributed by atoms with E-state index in [9.17, 15) is 4.79 Å². The molecule has 0 bridgehead atoms. The zero-order valence-electron chi connectivity index (χ0n) is 14.1. The number of rotatable bonds is 7. The minimum atomic E-state index is 0.0891. The summed E-state index contributed by atoms with van der Waals surface area (Å²) in [6.07, 6.45) is 2.92. The van der Waals surface area contributed by atoms with E-state index in [1.54, 1.807) is 11.1 Å². The highest BCUT2D eigenvalue weighted by Crippen LogP contribution is 2.19. The summed E-state index contributed by atoms with van der Waals surface area (Å²) in [5.41, 5.74) is 3.25. The van der Waals surface area contributed by atoms with Gasteiger partial charge in [0.15, 0.2) is 0 Å². The van der Waals surface area contributed by atoms with Crippen molar-refractivity contribution in [2.24, 2.45) is 0 Å². The Morgan fingerprint density at radius 3 is 2.78 bits per heavy atom. The van der Waals surface area contributed by atoms with E-state index in [0.29, 0.717) is 19.6 Å². The van der Waals surface area contributed by atoms with Gasteiger partial charge in [-0.1, -0.05) is 18.2 Å². The Morgan fingerprint density at radius 1 is 1.22 bits per heavy atom. The number of ether oxygens (including phenoxy) is 1. The Bertz CT molecular complexity index is 641. The summed E-state index contributed by atoms with van der Waals surface area (Å²) in [6.45, 7) is 5.11. The van der Waals surface area contributed by atoms with Gasteiger partial charge in [-0.05, 0) is 43.2 Å². The van der Waals surface area contributed by atoms with Crippen LogP contribution in [0.25, 0.3) is 0 Å². The molecule has 0 aliphatic heterocycles. The molecule has 0 N–H and O–H groups in total. The van der Waals surface area contributed by atoms with Crippen LogP contribution in [0.5, 0.6) is 5.75 Å². The molecule has 122 valence electrons. The lowest BCUT2D eigenvalue weighted by atomic mass is 10.1. The van der Waals surface area contributed by atoms with Crippen LogP contribution in [-0.2, 0) is 11.2 Å². The molecule has 0 spiro atoms. The molecular formula is C19H24N2O2. The van der Waals surface area contributed by atoms with Gasteiger partial charge in [0.05, 0.1) is 13.0 Å². The molecule has 0 radical (unpaired) electrons. The number of carbonyl (C=O) groups is 1. The SMILES string of the molecule is Cc1ccc(C)c(OCCC(=O)N(C)CCc2ccccn2)c1. The zero-order chi connectivity index (χ0) is 16.7. The number of aryl methyl sites for hydroxylation is 2. The van der Waals surface area contributed by atoms with Crippen LogP contribution in [0.15, 0.2) is 42.6 Å². The Morgan fingerprint density at radius 2 is 2.04 bits per heavy atom. The first-order valence-corrected chi connectivity index (χ1v) is 7.90. The predicted molar refractivity (Wildman–Crippen MR) is 91.6 cm³/mol. The van der Waals surface area contributed by atoms with E-state index in [0.717, 1.165) is 29.0 Å². The first kappa shape index (κ1) is 17.0. The molecule has 0 fully saturated rings. The minimum Gasteiger partial charge on any atom is -0.493 e. The lowest BCUT2D eigenvalue weighted by Gasteiger charge is -2.17. The number of aromatic nitrogens is 1. The maximum Gasteiger partial charge on any atom is 0.225 e. The van der Waals surface area contributed by atoms with Gasteiger partial charge in [-0.15, -0.1) is 0 Å². The van der Waals surface area contributed by atoms with Gasteiger partial charge in [-0.2, -0.15) is 0 Å². The van der Waals surface area contributed by atoms with Crippen LogP contribution in [0.2, 0.25) is 0 Å². The van der Waals surface area contributed by atoms with Crippen LogP contribution in [0, 0.1) is 13.8 Å². The standard InChI is InChI=1S/C19H24N2O2/c1-15-7-8-16(2)18(14-15)23-13-10-19(22)21(3)12-9-17-6-4-5-11-20-17/h4-8,11,14H,9-10,12-13H2,1-3H3. The minimum absolute atomic E-state index is 0.0891. The van der Waals surface area contributed by atoms with Crippen molar-refractivity contribution in [3.8, 4) is 5.75 Å². The number of likely N-dealkylation sites (N-methyl/N-ethyl adjacent to an activating group) is 1. The number of benzene rings is 1. The van der Waals surface area contributed by atoms with Crippen molar-refractivity contribution in [2.75, 3.05) is 20.2 Å². The molecule has 0 saturated heterocycles. The van der Waals surface area contributed by atoms with Gasteiger partial charge in [0.1, 0.15) is 5.75 Å². The molecular weight excluding hydrogens is 288 g/mol. The molecule has 1 aromatic heterocycles. The van der Waals surface area contributed by atoms with E-state index in [4.69, 9.17) is 4.74 Å². The largest absolute Gasteiger partial charge is 0.493 e. The number of hydrogen-bond donors (Lipinski definition) is 0. The second-order valence-corrected chi connectivity index (χ2v) is 5.75. The van der Waals surface area contributed by atoms with Gasteiger partial charge in [0, 0.05) is 31.9 Å². The molecule has 1 amide bonds. The van der Waals surface area contributed by atoms with Gasteiger partial charge < -0.3 is 9.64 Å². The lowest BCUT2D eigenvalue weighted by molar-refractivity contribution is -0.130. The highest BCUT2D eigenvalue weighted by atomic mass is 16.5. The van der Waals surface area contributed by atoms with Crippen molar-refractivity contribution in [1.82, 2.24) is 9.88 Å². The molecule has 0 unspecified atom stereocenters. The predicted octanol–water partition coefficient (Wildman–Crippen LogP) is 3.17. The summed E-state index contributed by atoms with van der Waals surface area (Å²) in [5, 5.41) is 0. The van der Waals surface area contributed by atoms with Crippen molar-refractivity contribution in [3.63, 3.8) is 0 Å². The second kappa shape index (κ2) is 8.32. The first-order chi connectivity index (χ1) is 11.1. The molecule has 0 aliphatic rings. The fourth-order valence-electron chi connectivity index (χ4n) is 2.25. The zero-order valence-corrected chi connectivity index (χ0v) is 14.1. The van der Waals surface area contributed by atoms with Crippen LogP contribution in [-0.4, -0.2) is 36.0 Å². The summed E-state index contributed by atoms with van der Waals surface area (Å²) in [7, 11) is 1.82. The maximum atomic E-state index is 12.1. The molecule has 4 nitrogen and oxygen atoms in total. The van der Waals surface area contributed by atoms with Gasteiger partial charge in [0.25, 0.3) is 0 Å². The smallest absolute Gasteiger partial charge is 0.225 e. The average Bonchev–Trinajstić information content (AvgIpc) is 2.56. The average molecular weight is 312 g/mol. The highest BCUT2D eigenvalue weighted by molar-refractivity contribution is 5.76. The van der Waals surface area contributed by atoms with Crippen molar-refractivity contribution >= 4 is 5.91 Å². The Balaban J connectivity index is 1.74. The maximum absolute atomic E-state index is 12.1. The van der Waals surface area contributed by atoms with E-state index in [2.05, 4.69) is 11.1 Å². The third kappa shape index (κ3) is 5.40. The number of amides is 1. The third-order valence-electron chi connectivity index (χ3n) is 3.77. The molecule has 4 heteroatoms. The number of pyridine rings is 1. The van der Waals surface area contributed by atoms with E-state index in [1.165, 1.54) is 0 Å². The Kier molecular flexibility index (Phi) is 6.15. The first-order valence-electron chi connectivity index (χ1n) is 7.90. The molecule has 2 rings (SSSR count). The lowest BCUT2D eigenvalue weighted by Crippen LogP contribution is -2.30. The Hall–Kier alpha value is -2.36. The van der Waals surface area contributed by atoms with Crippen LogP contribution >= 0.6 is 0 Å². The summed E-state index contributed by atoms with van der Waals surface area (Å²) in [5.74, 6) is 0.945. The molecule has 0 atom stereocenters. The summed E-state index contributed by atoms with van der Waals surface area (Å²) >= 11 is 0. The number of hydrogen-bond acceptors (Lipinski definition) is 3. The van der Waals surface area contributed by atoms with Crippen molar-refractivity contribution in [2.45, 2.75) is 26.7 Å². The molecule has 1 aromatic carbocycles. The van der Waals surface area contributed by atoms with Crippen LogP contribution in [0.4, 0.5) is 0 Å². The number of carbonyl (C=O) groups excluding carboxylic acids is 1. The van der Waals surface area contributed by atoms with Crippen molar-refractivity contribution < 1.29 is 9.53 Å². The third-order valence-corrected chi connectivity index (χ3v) is 3.77. The van der Waals surface area contributed by atoms with Crippen LogP contribution in [0.1, 0.15) is 23.2 Å². The van der Waals surface area contributed by atoms with Crippen molar-refractivity contribution in [3.05, 3.63) is 59.4 Å². The van der Waals surface area contributed by atoms with E-state index < -0.39 is 0 Å². The fourth-order valence-corrected chi connectivity index (χ4v) is 2.25. The summed E-state index contributed by atoms with van der Waals surface area (Å²) in [4.78, 5) is 18.1. The van der Waals surface area contributed by atoms with E-state index in [-0.39, 0.29) is 5.91 Å². The molecule has 0 saturated carbocycles. The Labute approximate surface area is 138 Å². The molecule has 2 aromatic rings. The highest BCUT2D eigenvalue weighted by Gasteiger charge is 2.09. The quantitative estimate of drug-likeness (QED) is 0.788. The summed E-state index contributed by atoms with van der Waals surface area (Å²) in [6, 6.07) is 11.9. The van der Waals surface area contributed by atoms with Crippen LogP contribution in [0.3, 0.4) is 0 Å². The normalized spacial score (nSPS) is 10.4. The topological polar surface area (TPSA) is 42.4 Å². The van der Waals surface area contributed by atoms with E-state index in [1.807, 2.05) is 51.2 Å².